The highest BCUT2D eigenvalue weighted by Crippen LogP contribution is 2.25. The van der Waals surface area contributed by atoms with E-state index >= 15 is 0 Å². The summed E-state index contributed by atoms with van der Waals surface area (Å²) in [4.78, 5) is 12.2. The van der Waals surface area contributed by atoms with Crippen molar-refractivity contribution in [2.24, 2.45) is 0 Å². The maximum Gasteiger partial charge on any atom is 0.262 e. The van der Waals surface area contributed by atoms with Crippen LogP contribution in [0.1, 0.15) is 11.1 Å². The van der Waals surface area contributed by atoms with Gasteiger partial charge in [0.2, 0.25) is 0 Å². The summed E-state index contributed by atoms with van der Waals surface area (Å²) < 4.78 is 5.72. The highest BCUT2D eigenvalue weighted by atomic mass is 16.5. The Morgan fingerprint density at radius 2 is 1.57 bits per heavy atom. The summed E-state index contributed by atoms with van der Waals surface area (Å²) in [5.41, 5.74) is 2.95. The summed E-state index contributed by atoms with van der Waals surface area (Å²) >= 11 is 0. The summed E-state index contributed by atoms with van der Waals surface area (Å²) in [5, 5.41) is 5.04. The fraction of sp³-hybridized carbons (Fsp3) is 0.150. The quantitative estimate of drug-likeness (QED) is 0.772. The molecule has 23 heavy (non-hydrogen) atoms. The Bertz CT molecular complexity index is 830. The van der Waals surface area contributed by atoms with Gasteiger partial charge in [0.25, 0.3) is 5.91 Å². The van der Waals surface area contributed by atoms with E-state index in [2.05, 4.69) is 5.32 Å². The van der Waals surface area contributed by atoms with Crippen molar-refractivity contribution in [1.82, 2.24) is 0 Å². The summed E-state index contributed by atoms with van der Waals surface area (Å²) in [7, 11) is 0. The molecule has 0 aliphatic heterocycles. The van der Waals surface area contributed by atoms with Gasteiger partial charge in [0, 0.05) is 11.1 Å². The molecule has 1 amide bonds. The standard InChI is InChI=1S/C20H19NO2/c1-14-7-5-8-15(2)20(14)21-19(22)13-23-18-12-6-10-16-9-3-4-11-17(16)18/h3-12H,13H2,1-2H3,(H,21,22). The molecule has 0 saturated heterocycles. The lowest BCUT2D eigenvalue weighted by Crippen LogP contribution is -2.21. The zero-order valence-corrected chi connectivity index (χ0v) is 13.3. The van der Waals surface area contributed by atoms with Crippen LogP contribution in [-0.2, 0) is 4.79 Å². The number of hydrogen-bond donors (Lipinski definition) is 1. The second kappa shape index (κ2) is 6.53. The molecule has 3 nitrogen and oxygen atoms in total. The van der Waals surface area contributed by atoms with Gasteiger partial charge >= 0.3 is 0 Å². The maximum atomic E-state index is 12.2. The number of ether oxygens (including phenoxy) is 1. The zero-order valence-electron chi connectivity index (χ0n) is 13.3. The molecule has 3 aromatic carbocycles. The van der Waals surface area contributed by atoms with Gasteiger partial charge in [0.1, 0.15) is 5.75 Å². The first-order valence-corrected chi connectivity index (χ1v) is 7.62. The van der Waals surface area contributed by atoms with Crippen molar-refractivity contribution >= 4 is 22.4 Å². The first-order valence-electron chi connectivity index (χ1n) is 7.62. The summed E-state index contributed by atoms with van der Waals surface area (Å²) in [6.45, 7) is 3.95. The average molecular weight is 305 g/mol. The molecule has 0 heterocycles. The van der Waals surface area contributed by atoms with Gasteiger partial charge in [0.15, 0.2) is 6.61 Å². The SMILES string of the molecule is Cc1cccc(C)c1NC(=O)COc1cccc2ccccc12. The molecule has 3 rings (SSSR count). The number of carbonyl (C=O) groups excluding carboxylic acids is 1. The van der Waals surface area contributed by atoms with Crippen LogP contribution in [0.15, 0.2) is 60.7 Å². The molecule has 0 aliphatic carbocycles. The van der Waals surface area contributed by atoms with E-state index in [9.17, 15) is 4.79 Å². The lowest BCUT2D eigenvalue weighted by Gasteiger charge is -2.13. The van der Waals surface area contributed by atoms with Crippen LogP contribution < -0.4 is 10.1 Å². The van der Waals surface area contributed by atoms with E-state index in [1.165, 1.54) is 0 Å². The largest absolute Gasteiger partial charge is 0.483 e. The van der Waals surface area contributed by atoms with Gasteiger partial charge in [-0.2, -0.15) is 0 Å². The van der Waals surface area contributed by atoms with E-state index in [1.54, 1.807) is 0 Å². The molecule has 3 aromatic rings. The lowest BCUT2D eigenvalue weighted by atomic mass is 10.1. The van der Waals surface area contributed by atoms with Gasteiger partial charge in [0.05, 0.1) is 0 Å². The molecule has 116 valence electrons. The highest BCUT2D eigenvalue weighted by molar-refractivity contribution is 5.94. The minimum absolute atomic E-state index is 0.0121. The van der Waals surface area contributed by atoms with Crippen LogP contribution in [0.4, 0.5) is 5.69 Å². The molecule has 0 spiro atoms. The van der Waals surface area contributed by atoms with E-state index in [1.807, 2.05) is 74.5 Å². The number of rotatable bonds is 4. The molecule has 0 aromatic heterocycles. The molecule has 0 radical (unpaired) electrons. The van der Waals surface area contributed by atoms with Crippen LogP contribution in [0, 0.1) is 13.8 Å². The molecule has 1 N–H and O–H groups in total. The Morgan fingerprint density at radius 3 is 2.35 bits per heavy atom. The van der Waals surface area contributed by atoms with Crippen LogP contribution in [0.2, 0.25) is 0 Å². The second-order valence-electron chi connectivity index (χ2n) is 5.58. The second-order valence-corrected chi connectivity index (χ2v) is 5.58. The Balaban J connectivity index is 1.71. The minimum Gasteiger partial charge on any atom is -0.483 e. The van der Waals surface area contributed by atoms with Crippen LogP contribution in [0.5, 0.6) is 5.75 Å². The van der Waals surface area contributed by atoms with E-state index in [-0.39, 0.29) is 12.5 Å². The fourth-order valence-corrected chi connectivity index (χ4v) is 2.65. The van der Waals surface area contributed by atoms with E-state index in [0.29, 0.717) is 0 Å². The summed E-state index contributed by atoms with van der Waals surface area (Å²) in [6, 6.07) is 19.8. The third kappa shape index (κ3) is 3.34. The molecule has 0 atom stereocenters. The molecule has 0 bridgehead atoms. The number of amides is 1. The molecule has 0 aliphatic rings. The number of carbonyl (C=O) groups is 1. The smallest absolute Gasteiger partial charge is 0.262 e. The van der Waals surface area contributed by atoms with Crippen molar-refractivity contribution in [1.29, 1.82) is 0 Å². The van der Waals surface area contributed by atoms with E-state index in [0.717, 1.165) is 33.3 Å². The number of benzene rings is 3. The van der Waals surface area contributed by atoms with Gasteiger partial charge in [-0.25, -0.2) is 0 Å². The monoisotopic (exact) mass is 305 g/mol. The normalized spacial score (nSPS) is 10.5. The van der Waals surface area contributed by atoms with Crippen molar-refractivity contribution in [2.75, 3.05) is 11.9 Å². The van der Waals surface area contributed by atoms with Crippen molar-refractivity contribution in [3.63, 3.8) is 0 Å². The summed E-state index contributed by atoms with van der Waals surface area (Å²) in [5.74, 6) is 0.565. The third-order valence-electron chi connectivity index (χ3n) is 3.85. The number of aryl methyl sites for hydroxylation is 2. The maximum absolute atomic E-state index is 12.2. The first-order chi connectivity index (χ1) is 11.1. The predicted octanol–water partition coefficient (Wildman–Crippen LogP) is 4.47. The van der Waals surface area contributed by atoms with Crippen molar-refractivity contribution in [3.8, 4) is 5.75 Å². The van der Waals surface area contributed by atoms with Gasteiger partial charge in [-0.1, -0.05) is 54.6 Å². The molecular weight excluding hydrogens is 286 g/mol. The third-order valence-corrected chi connectivity index (χ3v) is 3.85. The zero-order chi connectivity index (χ0) is 16.2. The van der Waals surface area contributed by atoms with Gasteiger partial charge in [-0.15, -0.1) is 0 Å². The average Bonchev–Trinajstić information content (AvgIpc) is 2.56. The van der Waals surface area contributed by atoms with Crippen LogP contribution >= 0.6 is 0 Å². The van der Waals surface area contributed by atoms with Gasteiger partial charge in [-0.05, 0) is 36.4 Å². The fourth-order valence-electron chi connectivity index (χ4n) is 2.65. The Kier molecular flexibility index (Phi) is 4.29. The molecular formula is C20H19NO2. The Morgan fingerprint density at radius 1 is 0.913 bits per heavy atom. The van der Waals surface area contributed by atoms with E-state index in [4.69, 9.17) is 4.74 Å². The number of hydrogen-bond acceptors (Lipinski definition) is 2. The van der Waals surface area contributed by atoms with Crippen LogP contribution in [0.3, 0.4) is 0 Å². The van der Waals surface area contributed by atoms with Crippen molar-refractivity contribution in [3.05, 3.63) is 71.8 Å². The minimum atomic E-state index is -0.157. The topological polar surface area (TPSA) is 38.3 Å². The lowest BCUT2D eigenvalue weighted by molar-refractivity contribution is -0.118. The van der Waals surface area contributed by atoms with Crippen molar-refractivity contribution < 1.29 is 9.53 Å². The highest BCUT2D eigenvalue weighted by Gasteiger charge is 2.09. The predicted molar refractivity (Wildman–Crippen MR) is 94.0 cm³/mol. The molecule has 3 heteroatoms. The van der Waals surface area contributed by atoms with Gasteiger partial charge in [-0.3, -0.25) is 4.79 Å². The Hall–Kier alpha value is -2.81. The molecule has 0 saturated carbocycles. The number of fused-ring (bicyclic) bond motifs is 1. The number of anilines is 1. The van der Waals surface area contributed by atoms with E-state index < -0.39 is 0 Å². The van der Waals surface area contributed by atoms with Gasteiger partial charge < -0.3 is 10.1 Å². The Labute approximate surface area is 135 Å². The van der Waals surface area contributed by atoms with Crippen LogP contribution in [0.25, 0.3) is 10.8 Å². The summed E-state index contributed by atoms with van der Waals surface area (Å²) in [6.07, 6.45) is 0. The molecule has 0 unspecified atom stereocenters. The van der Waals surface area contributed by atoms with Crippen LogP contribution in [-0.4, -0.2) is 12.5 Å². The van der Waals surface area contributed by atoms with Crippen molar-refractivity contribution in [2.45, 2.75) is 13.8 Å². The number of nitrogens with one attached hydrogen (secondary N) is 1. The number of para-hydroxylation sites is 1. The molecule has 0 fully saturated rings. The first kappa shape index (κ1) is 15.1.